The SMILES string of the molecule is C=CC(=O)N1CCN(C(=O)CN2C(=O)NC(C)(c3ccc(C)cc3)C2=O)[C@@H](C)C1. The van der Waals surface area contributed by atoms with Gasteiger partial charge in [-0.3, -0.25) is 19.3 Å². The highest BCUT2D eigenvalue weighted by atomic mass is 16.2. The molecule has 1 aromatic carbocycles. The summed E-state index contributed by atoms with van der Waals surface area (Å²) in [6.07, 6.45) is 1.25. The van der Waals surface area contributed by atoms with Crippen LogP contribution in [0.5, 0.6) is 0 Å². The van der Waals surface area contributed by atoms with Gasteiger partial charge in [-0.2, -0.15) is 0 Å². The fourth-order valence-electron chi connectivity index (χ4n) is 3.81. The largest absolute Gasteiger partial charge is 0.335 e. The van der Waals surface area contributed by atoms with E-state index in [4.69, 9.17) is 0 Å². The summed E-state index contributed by atoms with van der Waals surface area (Å²) < 4.78 is 0. The number of hydrogen-bond acceptors (Lipinski definition) is 4. The lowest BCUT2D eigenvalue weighted by Crippen LogP contribution is -2.57. The predicted octanol–water partition coefficient (Wildman–Crippen LogP) is 1.01. The van der Waals surface area contributed by atoms with Crippen LogP contribution < -0.4 is 5.32 Å². The first-order chi connectivity index (χ1) is 13.7. The second-order valence-electron chi connectivity index (χ2n) is 7.74. The molecule has 2 atom stereocenters. The molecule has 2 aliphatic heterocycles. The molecule has 2 heterocycles. The van der Waals surface area contributed by atoms with E-state index in [2.05, 4.69) is 11.9 Å². The fraction of sp³-hybridized carbons (Fsp3) is 0.429. The Morgan fingerprint density at radius 3 is 2.48 bits per heavy atom. The molecule has 1 unspecified atom stereocenters. The zero-order chi connectivity index (χ0) is 21.3. The standard InChI is InChI=1S/C21H26N4O4/c1-5-17(26)23-10-11-24(15(3)12-23)18(27)13-25-19(28)21(4,22-20(25)29)16-8-6-14(2)7-9-16/h5-9,15H,1,10-13H2,2-4H3,(H,22,29)/t15-,21?/m0/s1. The van der Waals surface area contributed by atoms with Gasteiger partial charge in [0.25, 0.3) is 5.91 Å². The molecule has 0 spiro atoms. The van der Waals surface area contributed by atoms with E-state index in [0.717, 1.165) is 10.5 Å². The number of imide groups is 1. The maximum absolute atomic E-state index is 13.0. The number of nitrogens with one attached hydrogen (secondary N) is 1. The minimum atomic E-state index is -1.20. The number of carbonyl (C=O) groups is 4. The van der Waals surface area contributed by atoms with Crippen molar-refractivity contribution in [3.63, 3.8) is 0 Å². The van der Waals surface area contributed by atoms with Crippen molar-refractivity contribution >= 4 is 23.8 Å². The summed E-state index contributed by atoms with van der Waals surface area (Å²) >= 11 is 0. The summed E-state index contributed by atoms with van der Waals surface area (Å²) in [6, 6.07) is 6.55. The topological polar surface area (TPSA) is 90.0 Å². The zero-order valence-corrected chi connectivity index (χ0v) is 17.0. The van der Waals surface area contributed by atoms with Crippen LogP contribution in [0.4, 0.5) is 4.79 Å². The van der Waals surface area contributed by atoms with Gasteiger partial charge in [0.1, 0.15) is 12.1 Å². The van der Waals surface area contributed by atoms with Gasteiger partial charge in [0, 0.05) is 25.7 Å². The maximum Gasteiger partial charge on any atom is 0.325 e. The number of benzene rings is 1. The minimum Gasteiger partial charge on any atom is -0.335 e. The normalized spacial score (nSPS) is 24.5. The second kappa shape index (κ2) is 7.69. The van der Waals surface area contributed by atoms with Crippen molar-refractivity contribution in [1.29, 1.82) is 0 Å². The van der Waals surface area contributed by atoms with Gasteiger partial charge in [0.15, 0.2) is 0 Å². The van der Waals surface area contributed by atoms with Gasteiger partial charge in [-0.15, -0.1) is 0 Å². The molecular weight excluding hydrogens is 372 g/mol. The molecule has 2 fully saturated rings. The van der Waals surface area contributed by atoms with E-state index in [-0.39, 0.29) is 24.4 Å². The minimum absolute atomic E-state index is 0.174. The molecule has 0 aromatic heterocycles. The first-order valence-corrected chi connectivity index (χ1v) is 9.59. The molecule has 2 saturated heterocycles. The van der Waals surface area contributed by atoms with Crippen LogP contribution in [-0.4, -0.2) is 70.7 Å². The highest BCUT2D eigenvalue weighted by Crippen LogP contribution is 2.29. The molecule has 2 aliphatic rings. The van der Waals surface area contributed by atoms with Crippen LogP contribution in [0.2, 0.25) is 0 Å². The van der Waals surface area contributed by atoms with Crippen LogP contribution in [0, 0.1) is 6.92 Å². The van der Waals surface area contributed by atoms with Gasteiger partial charge in [-0.1, -0.05) is 36.4 Å². The van der Waals surface area contributed by atoms with Gasteiger partial charge in [-0.05, 0) is 32.4 Å². The quantitative estimate of drug-likeness (QED) is 0.605. The van der Waals surface area contributed by atoms with Crippen molar-refractivity contribution in [3.8, 4) is 0 Å². The Labute approximate surface area is 170 Å². The Hall–Kier alpha value is -3.16. The zero-order valence-electron chi connectivity index (χ0n) is 17.0. The van der Waals surface area contributed by atoms with Crippen LogP contribution in [0.15, 0.2) is 36.9 Å². The summed E-state index contributed by atoms with van der Waals surface area (Å²) in [7, 11) is 0. The number of hydrogen-bond donors (Lipinski definition) is 1. The smallest absolute Gasteiger partial charge is 0.325 e. The molecule has 1 N–H and O–H groups in total. The molecule has 8 nitrogen and oxygen atoms in total. The van der Waals surface area contributed by atoms with Gasteiger partial charge < -0.3 is 15.1 Å². The lowest BCUT2D eigenvalue weighted by Gasteiger charge is -2.39. The van der Waals surface area contributed by atoms with Crippen LogP contribution in [0.25, 0.3) is 0 Å². The number of rotatable bonds is 4. The van der Waals surface area contributed by atoms with E-state index >= 15 is 0 Å². The first-order valence-electron chi connectivity index (χ1n) is 9.59. The number of amides is 5. The van der Waals surface area contributed by atoms with E-state index < -0.39 is 17.5 Å². The van der Waals surface area contributed by atoms with Crippen molar-refractivity contribution in [3.05, 3.63) is 48.0 Å². The van der Waals surface area contributed by atoms with E-state index in [1.54, 1.807) is 28.9 Å². The van der Waals surface area contributed by atoms with Gasteiger partial charge in [0.05, 0.1) is 0 Å². The molecule has 8 heteroatoms. The van der Waals surface area contributed by atoms with Gasteiger partial charge >= 0.3 is 6.03 Å². The third-order valence-corrected chi connectivity index (χ3v) is 5.63. The molecule has 154 valence electrons. The second-order valence-corrected chi connectivity index (χ2v) is 7.74. The first kappa shape index (κ1) is 20.6. The lowest BCUT2D eigenvalue weighted by atomic mass is 9.91. The van der Waals surface area contributed by atoms with Gasteiger partial charge in [0.2, 0.25) is 11.8 Å². The number of nitrogens with zero attached hydrogens (tertiary/aromatic N) is 3. The molecular formula is C21H26N4O4. The van der Waals surface area contributed by atoms with Crippen LogP contribution >= 0.6 is 0 Å². The Balaban J connectivity index is 1.70. The average Bonchev–Trinajstić information content (AvgIpc) is 2.91. The molecule has 1 aromatic rings. The molecule has 0 bridgehead atoms. The average molecular weight is 398 g/mol. The van der Waals surface area contributed by atoms with Crippen molar-refractivity contribution in [2.75, 3.05) is 26.2 Å². The number of piperazine rings is 1. The van der Waals surface area contributed by atoms with Crippen molar-refractivity contribution in [1.82, 2.24) is 20.0 Å². The van der Waals surface area contributed by atoms with E-state index in [9.17, 15) is 19.2 Å². The molecule has 0 radical (unpaired) electrons. The highest BCUT2D eigenvalue weighted by Gasteiger charge is 2.50. The number of carbonyl (C=O) groups excluding carboxylic acids is 4. The van der Waals surface area contributed by atoms with Gasteiger partial charge in [-0.25, -0.2) is 4.79 Å². The van der Waals surface area contributed by atoms with E-state index in [1.807, 2.05) is 26.0 Å². The Kier molecular flexibility index (Phi) is 5.46. The van der Waals surface area contributed by atoms with Crippen molar-refractivity contribution < 1.29 is 19.2 Å². The van der Waals surface area contributed by atoms with Crippen LogP contribution in [0.1, 0.15) is 25.0 Å². The maximum atomic E-state index is 13.0. The summed E-state index contributed by atoms with van der Waals surface area (Å²) in [5, 5.41) is 2.72. The third kappa shape index (κ3) is 3.74. The highest BCUT2D eigenvalue weighted by molar-refractivity contribution is 6.09. The van der Waals surface area contributed by atoms with Crippen molar-refractivity contribution in [2.24, 2.45) is 0 Å². The monoisotopic (exact) mass is 398 g/mol. The molecule has 5 amide bonds. The fourth-order valence-corrected chi connectivity index (χ4v) is 3.81. The molecule has 0 saturated carbocycles. The molecule has 29 heavy (non-hydrogen) atoms. The summed E-state index contributed by atoms with van der Waals surface area (Å²) in [5.41, 5.74) is 0.511. The third-order valence-electron chi connectivity index (χ3n) is 5.63. The molecule has 0 aliphatic carbocycles. The predicted molar refractivity (Wildman–Crippen MR) is 107 cm³/mol. The van der Waals surface area contributed by atoms with Crippen LogP contribution in [0.3, 0.4) is 0 Å². The Bertz CT molecular complexity index is 866. The van der Waals surface area contributed by atoms with Crippen LogP contribution in [-0.2, 0) is 19.9 Å². The number of aryl methyl sites for hydroxylation is 1. The summed E-state index contributed by atoms with van der Waals surface area (Å²) in [6.45, 7) is 9.70. The Morgan fingerprint density at radius 1 is 1.24 bits per heavy atom. The number of urea groups is 1. The lowest BCUT2D eigenvalue weighted by molar-refractivity contribution is -0.143. The summed E-state index contributed by atoms with van der Waals surface area (Å²) in [4.78, 5) is 54.3. The summed E-state index contributed by atoms with van der Waals surface area (Å²) in [5.74, 6) is -0.945. The van der Waals surface area contributed by atoms with E-state index in [0.29, 0.717) is 25.2 Å². The Morgan fingerprint density at radius 2 is 1.90 bits per heavy atom. The van der Waals surface area contributed by atoms with Crippen molar-refractivity contribution in [2.45, 2.75) is 32.4 Å². The van der Waals surface area contributed by atoms with E-state index in [1.165, 1.54) is 6.08 Å². The molecule has 3 rings (SSSR count).